The van der Waals surface area contributed by atoms with E-state index in [0.717, 1.165) is 13.0 Å². The number of benzene rings is 1. The van der Waals surface area contributed by atoms with Gasteiger partial charge in [0.15, 0.2) is 5.78 Å². The minimum atomic E-state index is -5.06. The highest BCUT2D eigenvalue weighted by Gasteiger charge is 2.40. The molecule has 0 saturated carbocycles. The lowest BCUT2D eigenvalue weighted by molar-refractivity contribution is -0.139. The number of carbonyl (C=O) groups is 1. The van der Waals surface area contributed by atoms with E-state index in [2.05, 4.69) is 0 Å². The first kappa shape index (κ1) is 13.9. The van der Waals surface area contributed by atoms with E-state index in [1.54, 1.807) is 0 Å². The molecule has 0 aromatic heterocycles. The third kappa shape index (κ3) is 2.74. The van der Waals surface area contributed by atoms with Crippen LogP contribution in [0.4, 0.5) is 22.0 Å². The van der Waals surface area contributed by atoms with Gasteiger partial charge in [-0.05, 0) is 13.0 Å². The van der Waals surface area contributed by atoms with E-state index in [9.17, 15) is 26.7 Å². The predicted molar refractivity (Wildman–Crippen MR) is 51.4 cm³/mol. The number of alkyl halides is 5. The summed E-state index contributed by atoms with van der Waals surface area (Å²) in [4.78, 5) is 11.1. The average Bonchev–Trinajstić information content (AvgIpc) is 2.14. The van der Waals surface area contributed by atoms with Crippen LogP contribution in [0.1, 0.15) is 34.8 Å². The molecule has 0 aliphatic carbocycles. The zero-order chi connectivity index (χ0) is 13.4. The van der Waals surface area contributed by atoms with Crippen LogP contribution in [-0.4, -0.2) is 5.78 Å². The van der Waals surface area contributed by atoms with Crippen LogP contribution in [0.25, 0.3) is 0 Å². The van der Waals surface area contributed by atoms with Gasteiger partial charge in [0.2, 0.25) is 0 Å². The maximum Gasteiger partial charge on any atom is 0.417 e. The van der Waals surface area contributed by atoms with Gasteiger partial charge in [0, 0.05) is 11.1 Å². The minimum absolute atomic E-state index is 0.491. The van der Waals surface area contributed by atoms with E-state index < -0.39 is 40.1 Å². The highest BCUT2D eigenvalue weighted by atomic mass is 35.5. The van der Waals surface area contributed by atoms with E-state index in [4.69, 9.17) is 11.6 Å². The minimum Gasteiger partial charge on any atom is -0.294 e. The number of rotatable bonds is 2. The first-order chi connectivity index (χ1) is 7.66. The molecule has 0 aliphatic heterocycles. The van der Waals surface area contributed by atoms with E-state index >= 15 is 0 Å². The van der Waals surface area contributed by atoms with Gasteiger partial charge in [-0.2, -0.15) is 13.2 Å². The molecule has 1 aromatic carbocycles. The van der Waals surface area contributed by atoms with Crippen LogP contribution in [0.3, 0.4) is 0 Å². The Labute approximate surface area is 98.2 Å². The highest BCUT2D eigenvalue weighted by molar-refractivity contribution is 6.34. The molecular weight excluding hydrogens is 267 g/mol. The van der Waals surface area contributed by atoms with Crippen LogP contribution in [0.5, 0.6) is 0 Å². The topological polar surface area (TPSA) is 17.1 Å². The van der Waals surface area contributed by atoms with Crippen molar-refractivity contribution in [1.82, 2.24) is 0 Å². The molecule has 17 heavy (non-hydrogen) atoms. The van der Waals surface area contributed by atoms with Crippen molar-refractivity contribution in [2.75, 3.05) is 0 Å². The van der Waals surface area contributed by atoms with Crippen molar-refractivity contribution in [2.45, 2.75) is 19.5 Å². The van der Waals surface area contributed by atoms with Gasteiger partial charge in [-0.15, -0.1) is 0 Å². The van der Waals surface area contributed by atoms with Gasteiger partial charge in [-0.25, -0.2) is 8.78 Å². The fraction of sp³-hybridized carbons (Fsp3) is 0.300. The van der Waals surface area contributed by atoms with Crippen LogP contribution in [0.2, 0.25) is 5.02 Å². The number of Topliss-reactive ketones (excluding diaryl/α,β-unsaturated/α-hetero) is 1. The highest BCUT2D eigenvalue weighted by Crippen LogP contribution is 2.41. The first-order valence-electron chi connectivity index (χ1n) is 4.35. The molecule has 94 valence electrons. The fourth-order valence-corrected chi connectivity index (χ4v) is 1.72. The van der Waals surface area contributed by atoms with Crippen molar-refractivity contribution in [2.24, 2.45) is 0 Å². The van der Waals surface area contributed by atoms with Gasteiger partial charge >= 0.3 is 6.18 Å². The largest absolute Gasteiger partial charge is 0.417 e. The Morgan fingerprint density at radius 3 is 2.18 bits per heavy atom. The molecule has 0 atom stereocenters. The summed E-state index contributed by atoms with van der Waals surface area (Å²) in [5, 5.41) is -0.491. The Balaban J connectivity index is 3.68. The monoisotopic (exact) mass is 272 g/mol. The lowest BCUT2D eigenvalue weighted by Crippen LogP contribution is -2.16. The number of hydrogen-bond donors (Lipinski definition) is 0. The number of ketones is 1. The third-order valence-electron chi connectivity index (χ3n) is 2.06. The predicted octanol–water partition coefficient (Wildman–Crippen LogP) is 4.50. The summed E-state index contributed by atoms with van der Waals surface area (Å²) in [6.45, 7) is 0.839. The number of halogens is 6. The summed E-state index contributed by atoms with van der Waals surface area (Å²) >= 11 is 5.44. The average molecular weight is 273 g/mol. The second-order valence-electron chi connectivity index (χ2n) is 3.24. The van der Waals surface area contributed by atoms with E-state index in [1.807, 2.05) is 0 Å². The molecule has 0 radical (unpaired) electrons. The SMILES string of the molecule is CC(=O)c1c(Cl)ccc(C(F)F)c1C(F)(F)F. The van der Waals surface area contributed by atoms with Crippen molar-refractivity contribution >= 4 is 17.4 Å². The summed E-state index contributed by atoms with van der Waals surface area (Å²) in [6, 6.07) is 1.43. The number of carbonyl (C=O) groups excluding carboxylic acids is 1. The Kier molecular flexibility index (Phi) is 3.76. The lowest BCUT2D eigenvalue weighted by Gasteiger charge is -2.16. The van der Waals surface area contributed by atoms with Crippen molar-refractivity contribution in [3.05, 3.63) is 33.8 Å². The van der Waals surface area contributed by atoms with Crippen molar-refractivity contribution in [1.29, 1.82) is 0 Å². The van der Waals surface area contributed by atoms with Crippen molar-refractivity contribution < 1.29 is 26.7 Å². The Morgan fingerprint density at radius 2 is 1.82 bits per heavy atom. The maximum absolute atomic E-state index is 12.7. The molecule has 0 unspecified atom stereocenters. The molecule has 1 rings (SSSR count). The molecule has 0 fully saturated rings. The molecule has 1 nitrogen and oxygen atoms in total. The molecule has 1 aromatic rings. The quantitative estimate of drug-likeness (QED) is 0.572. The zero-order valence-electron chi connectivity index (χ0n) is 8.41. The second-order valence-corrected chi connectivity index (χ2v) is 3.65. The van der Waals surface area contributed by atoms with E-state index in [1.165, 1.54) is 0 Å². The van der Waals surface area contributed by atoms with Crippen LogP contribution in [-0.2, 0) is 6.18 Å². The Morgan fingerprint density at radius 1 is 1.29 bits per heavy atom. The van der Waals surface area contributed by atoms with Crippen LogP contribution >= 0.6 is 11.6 Å². The summed E-state index contributed by atoms with van der Waals surface area (Å²) in [7, 11) is 0. The van der Waals surface area contributed by atoms with Crippen LogP contribution < -0.4 is 0 Å². The van der Waals surface area contributed by atoms with Gasteiger partial charge in [0.1, 0.15) is 0 Å². The normalized spacial score (nSPS) is 12.0. The number of hydrogen-bond acceptors (Lipinski definition) is 1. The van der Waals surface area contributed by atoms with Crippen LogP contribution in [0, 0.1) is 0 Å². The molecule has 0 saturated heterocycles. The van der Waals surface area contributed by atoms with Gasteiger partial charge in [0.25, 0.3) is 6.43 Å². The standard InChI is InChI=1S/C10H6ClF5O/c1-4(17)7-6(11)3-2-5(9(12)13)8(7)10(14,15)16/h2-3,9H,1H3. The molecular formula is C10H6ClF5O. The Hall–Kier alpha value is -1.17. The molecule has 0 amide bonds. The molecule has 0 aliphatic rings. The zero-order valence-corrected chi connectivity index (χ0v) is 9.16. The molecule has 0 spiro atoms. The lowest BCUT2D eigenvalue weighted by atomic mass is 9.98. The van der Waals surface area contributed by atoms with Gasteiger partial charge in [-0.3, -0.25) is 4.79 Å². The van der Waals surface area contributed by atoms with Crippen LogP contribution in [0.15, 0.2) is 12.1 Å². The smallest absolute Gasteiger partial charge is 0.294 e. The second kappa shape index (κ2) is 4.60. The Bertz CT molecular complexity index is 453. The molecule has 7 heteroatoms. The van der Waals surface area contributed by atoms with E-state index in [0.29, 0.717) is 6.07 Å². The van der Waals surface area contributed by atoms with Crippen molar-refractivity contribution in [3.63, 3.8) is 0 Å². The van der Waals surface area contributed by atoms with Crippen molar-refractivity contribution in [3.8, 4) is 0 Å². The van der Waals surface area contributed by atoms with E-state index in [-0.39, 0.29) is 0 Å². The summed E-state index contributed by atoms with van der Waals surface area (Å²) < 4.78 is 63.0. The maximum atomic E-state index is 12.7. The molecule has 0 bridgehead atoms. The van der Waals surface area contributed by atoms with Gasteiger partial charge in [0.05, 0.1) is 10.6 Å². The fourth-order valence-electron chi connectivity index (χ4n) is 1.42. The summed E-state index contributed by atoms with van der Waals surface area (Å²) in [6.07, 6.45) is -8.39. The van der Waals surface area contributed by atoms with Gasteiger partial charge < -0.3 is 0 Å². The molecule has 0 heterocycles. The third-order valence-corrected chi connectivity index (χ3v) is 2.37. The summed E-state index contributed by atoms with van der Waals surface area (Å²) in [5.74, 6) is -1.01. The first-order valence-corrected chi connectivity index (χ1v) is 4.72. The summed E-state index contributed by atoms with van der Waals surface area (Å²) in [5.41, 5.74) is -3.82. The molecule has 0 N–H and O–H groups in total. The van der Waals surface area contributed by atoms with Gasteiger partial charge in [-0.1, -0.05) is 17.7 Å².